The van der Waals surface area contributed by atoms with Crippen molar-refractivity contribution in [2.24, 2.45) is 0 Å². The number of hydrogen-bond acceptors (Lipinski definition) is 2. The molecule has 0 amide bonds. The highest BCUT2D eigenvalue weighted by Gasteiger charge is 2.43. The lowest BCUT2D eigenvalue weighted by Crippen LogP contribution is -2.45. The van der Waals surface area contributed by atoms with E-state index < -0.39 is 8.56 Å². The van der Waals surface area contributed by atoms with E-state index in [2.05, 4.69) is 6.92 Å². The molecule has 126 valence electrons. The minimum Gasteiger partial charge on any atom is -0.397 e. The van der Waals surface area contributed by atoms with Crippen molar-refractivity contribution in [1.29, 1.82) is 0 Å². The van der Waals surface area contributed by atoms with Gasteiger partial charge in [0.05, 0.1) is 0 Å². The van der Waals surface area contributed by atoms with Gasteiger partial charge in [-0.2, -0.15) is 0 Å². The Labute approximate surface area is 134 Å². The number of hydrogen-bond donors (Lipinski definition) is 0. The van der Waals surface area contributed by atoms with Crippen molar-refractivity contribution in [2.75, 3.05) is 14.2 Å². The van der Waals surface area contributed by atoms with Crippen LogP contribution in [0.2, 0.25) is 11.6 Å². The molecule has 0 heterocycles. The van der Waals surface area contributed by atoms with Crippen LogP contribution in [0.15, 0.2) is 0 Å². The predicted octanol–water partition coefficient (Wildman–Crippen LogP) is 6.20. The number of rotatable bonds is 12. The minimum atomic E-state index is -1.92. The van der Waals surface area contributed by atoms with Crippen molar-refractivity contribution < 1.29 is 8.85 Å². The van der Waals surface area contributed by atoms with Gasteiger partial charge in [-0.1, -0.05) is 77.6 Å². The Balaban J connectivity index is 2.21. The largest absolute Gasteiger partial charge is 0.397 e. The molecule has 0 saturated heterocycles. The number of unbranched alkanes of at least 4 members (excludes halogenated alkanes) is 7. The molecule has 0 aromatic rings. The molecule has 0 spiro atoms. The second-order valence-electron chi connectivity index (χ2n) is 6.78. The van der Waals surface area contributed by atoms with Gasteiger partial charge in [-0.3, -0.25) is 0 Å². The van der Waals surface area contributed by atoms with E-state index in [9.17, 15) is 0 Å². The molecule has 1 aliphatic rings. The van der Waals surface area contributed by atoms with Crippen molar-refractivity contribution in [3.8, 4) is 0 Å². The van der Waals surface area contributed by atoms with Gasteiger partial charge in [0.2, 0.25) is 0 Å². The highest BCUT2D eigenvalue weighted by Crippen LogP contribution is 2.40. The van der Waals surface area contributed by atoms with E-state index >= 15 is 0 Å². The molecule has 0 atom stereocenters. The molecule has 0 unspecified atom stereocenters. The van der Waals surface area contributed by atoms with Gasteiger partial charge in [0.25, 0.3) is 0 Å². The van der Waals surface area contributed by atoms with Gasteiger partial charge in [0, 0.05) is 19.8 Å². The molecule has 1 aliphatic carbocycles. The van der Waals surface area contributed by atoms with E-state index in [1.54, 1.807) is 0 Å². The van der Waals surface area contributed by atoms with Gasteiger partial charge in [-0.15, -0.1) is 0 Å². The fraction of sp³-hybridized carbons (Fsp3) is 1.00. The van der Waals surface area contributed by atoms with Crippen molar-refractivity contribution in [2.45, 2.75) is 102 Å². The average Bonchev–Trinajstić information content (AvgIpc) is 2.55. The lowest BCUT2D eigenvalue weighted by molar-refractivity contribution is 0.215. The van der Waals surface area contributed by atoms with Crippen molar-refractivity contribution in [3.05, 3.63) is 0 Å². The summed E-state index contributed by atoms with van der Waals surface area (Å²) in [4.78, 5) is 0. The molecule has 3 heteroatoms. The maximum Gasteiger partial charge on any atom is 0.340 e. The molecule has 1 rings (SSSR count). The van der Waals surface area contributed by atoms with Crippen molar-refractivity contribution >= 4 is 8.56 Å². The normalized spacial score (nSPS) is 17.3. The molecule has 0 aliphatic heterocycles. The van der Waals surface area contributed by atoms with Gasteiger partial charge < -0.3 is 8.85 Å². The molecule has 0 bridgehead atoms. The zero-order chi connectivity index (χ0) is 15.4. The summed E-state index contributed by atoms with van der Waals surface area (Å²) in [6.45, 7) is 2.28. The van der Waals surface area contributed by atoms with Gasteiger partial charge in [-0.05, 0) is 18.9 Å². The summed E-state index contributed by atoms with van der Waals surface area (Å²) in [6.07, 6.45) is 17.9. The van der Waals surface area contributed by atoms with Crippen LogP contribution in [-0.2, 0) is 8.85 Å². The smallest absolute Gasteiger partial charge is 0.340 e. The van der Waals surface area contributed by atoms with Crippen LogP contribution in [-0.4, -0.2) is 22.8 Å². The predicted molar refractivity (Wildman–Crippen MR) is 94.0 cm³/mol. The third-order valence-corrected chi connectivity index (χ3v) is 9.55. The minimum absolute atomic E-state index is 0.741. The Hall–Kier alpha value is 0.137. The van der Waals surface area contributed by atoms with E-state index in [4.69, 9.17) is 8.85 Å². The summed E-state index contributed by atoms with van der Waals surface area (Å²) < 4.78 is 12.0. The molecule has 2 nitrogen and oxygen atoms in total. The first kappa shape index (κ1) is 19.2. The SMILES string of the molecule is CCCCCCCCCC[Si](OC)(OC)C1CCCCC1. The maximum absolute atomic E-state index is 6.00. The van der Waals surface area contributed by atoms with Gasteiger partial charge in [0.1, 0.15) is 0 Å². The fourth-order valence-corrected chi connectivity index (χ4v) is 7.55. The summed E-state index contributed by atoms with van der Waals surface area (Å²) in [5.41, 5.74) is 0.741. The Bertz CT molecular complexity index is 235. The zero-order valence-electron chi connectivity index (χ0n) is 14.8. The van der Waals surface area contributed by atoms with Crippen LogP contribution in [0.3, 0.4) is 0 Å². The quantitative estimate of drug-likeness (QED) is 0.315. The second-order valence-corrected chi connectivity index (χ2v) is 10.5. The van der Waals surface area contributed by atoms with E-state index in [-0.39, 0.29) is 0 Å². The maximum atomic E-state index is 6.00. The van der Waals surface area contributed by atoms with E-state index in [1.165, 1.54) is 89.5 Å². The van der Waals surface area contributed by atoms with Crippen LogP contribution in [0.4, 0.5) is 0 Å². The highest BCUT2D eigenvalue weighted by atomic mass is 28.4. The Morgan fingerprint density at radius 1 is 0.762 bits per heavy atom. The van der Waals surface area contributed by atoms with Crippen molar-refractivity contribution in [1.82, 2.24) is 0 Å². The topological polar surface area (TPSA) is 18.5 Å². The van der Waals surface area contributed by atoms with Crippen LogP contribution in [0.5, 0.6) is 0 Å². The highest BCUT2D eigenvalue weighted by molar-refractivity contribution is 6.69. The standard InChI is InChI=1S/C18H38O2Si/c1-4-5-6-7-8-9-10-14-17-21(19-2,20-3)18-15-12-11-13-16-18/h18H,4-17H2,1-3H3. The van der Waals surface area contributed by atoms with E-state index in [0.717, 1.165) is 5.54 Å². The molecule has 0 radical (unpaired) electrons. The van der Waals surface area contributed by atoms with Crippen molar-refractivity contribution in [3.63, 3.8) is 0 Å². The third-order valence-electron chi connectivity index (χ3n) is 5.30. The van der Waals surface area contributed by atoms with Crippen LogP contribution < -0.4 is 0 Å². The first-order chi connectivity index (χ1) is 10.3. The lowest BCUT2D eigenvalue weighted by atomic mass is 10.0. The van der Waals surface area contributed by atoms with Crippen LogP contribution >= 0.6 is 0 Å². The Morgan fingerprint density at radius 2 is 1.29 bits per heavy atom. The van der Waals surface area contributed by atoms with E-state index in [1.807, 2.05) is 14.2 Å². The Morgan fingerprint density at radius 3 is 1.81 bits per heavy atom. The molecular weight excluding hydrogens is 276 g/mol. The zero-order valence-corrected chi connectivity index (χ0v) is 15.8. The average molecular weight is 315 g/mol. The van der Waals surface area contributed by atoms with Gasteiger partial charge in [0.15, 0.2) is 0 Å². The van der Waals surface area contributed by atoms with Crippen LogP contribution in [0.25, 0.3) is 0 Å². The second kappa shape index (κ2) is 11.7. The summed E-state index contributed by atoms with van der Waals surface area (Å²) in [7, 11) is 1.87. The lowest BCUT2D eigenvalue weighted by Gasteiger charge is -2.37. The van der Waals surface area contributed by atoms with E-state index in [0.29, 0.717) is 0 Å². The van der Waals surface area contributed by atoms with Gasteiger partial charge in [-0.25, -0.2) is 0 Å². The monoisotopic (exact) mass is 314 g/mol. The summed E-state index contributed by atoms with van der Waals surface area (Å²) in [5.74, 6) is 0. The third kappa shape index (κ3) is 6.83. The fourth-order valence-electron chi connectivity index (χ4n) is 3.87. The molecule has 21 heavy (non-hydrogen) atoms. The summed E-state index contributed by atoms with van der Waals surface area (Å²) in [5, 5.41) is 0. The molecule has 0 N–H and O–H groups in total. The molecular formula is C18H38O2Si. The molecule has 0 aromatic carbocycles. The van der Waals surface area contributed by atoms with Crippen LogP contribution in [0, 0.1) is 0 Å². The van der Waals surface area contributed by atoms with Crippen LogP contribution in [0.1, 0.15) is 90.4 Å². The summed E-state index contributed by atoms with van der Waals surface area (Å²) in [6, 6.07) is 1.21. The molecule has 1 saturated carbocycles. The molecule has 0 aromatic heterocycles. The Kier molecular flexibility index (Phi) is 10.7. The molecule has 1 fully saturated rings. The summed E-state index contributed by atoms with van der Waals surface area (Å²) >= 11 is 0. The first-order valence-corrected chi connectivity index (χ1v) is 11.5. The first-order valence-electron chi connectivity index (χ1n) is 9.39. The van der Waals surface area contributed by atoms with Gasteiger partial charge >= 0.3 is 8.56 Å².